The lowest BCUT2D eigenvalue weighted by atomic mass is 10.3. The van der Waals surface area contributed by atoms with Crippen LogP contribution >= 0.6 is 0 Å². The van der Waals surface area contributed by atoms with Crippen LogP contribution in [-0.2, 0) is 6.61 Å². The molecule has 5 nitrogen and oxygen atoms in total. The standard InChI is InChI=1S/C10H10N4O/c11-9-10(14-6-5-13-9)15-7-8-1-3-12-4-2-8/h1-6H,7H2,(H2,11,13). The van der Waals surface area contributed by atoms with Crippen molar-refractivity contribution in [2.75, 3.05) is 5.73 Å². The Morgan fingerprint density at radius 1 is 1.07 bits per heavy atom. The van der Waals surface area contributed by atoms with E-state index >= 15 is 0 Å². The molecule has 2 heterocycles. The number of rotatable bonds is 3. The van der Waals surface area contributed by atoms with Crippen LogP contribution in [-0.4, -0.2) is 15.0 Å². The summed E-state index contributed by atoms with van der Waals surface area (Å²) in [6.07, 6.45) is 6.48. The second kappa shape index (κ2) is 4.36. The highest BCUT2D eigenvalue weighted by molar-refractivity contribution is 5.38. The first kappa shape index (κ1) is 9.39. The van der Waals surface area contributed by atoms with Crippen molar-refractivity contribution in [3.8, 4) is 5.88 Å². The topological polar surface area (TPSA) is 73.9 Å². The number of nitrogens with two attached hydrogens (primary N) is 1. The minimum atomic E-state index is 0.298. The lowest BCUT2D eigenvalue weighted by Gasteiger charge is -2.05. The van der Waals surface area contributed by atoms with Gasteiger partial charge in [-0.05, 0) is 17.7 Å². The van der Waals surface area contributed by atoms with Crippen LogP contribution in [0.1, 0.15) is 5.56 Å². The normalized spacial score (nSPS) is 9.87. The zero-order chi connectivity index (χ0) is 10.5. The van der Waals surface area contributed by atoms with Crippen molar-refractivity contribution in [3.63, 3.8) is 0 Å². The van der Waals surface area contributed by atoms with E-state index in [4.69, 9.17) is 10.5 Å². The van der Waals surface area contributed by atoms with Crippen molar-refractivity contribution >= 4 is 5.82 Å². The summed E-state index contributed by atoms with van der Waals surface area (Å²) in [6, 6.07) is 3.74. The lowest BCUT2D eigenvalue weighted by molar-refractivity contribution is 0.294. The number of nitrogen functional groups attached to an aromatic ring is 1. The molecule has 76 valence electrons. The fraction of sp³-hybridized carbons (Fsp3) is 0.100. The summed E-state index contributed by atoms with van der Waals surface area (Å²) in [5.74, 6) is 0.654. The fourth-order valence-electron chi connectivity index (χ4n) is 1.08. The molecule has 0 radical (unpaired) electrons. The van der Waals surface area contributed by atoms with Gasteiger partial charge in [-0.3, -0.25) is 4.98 Å². The minimum absolute atomic E-state index is 0.298. The van der Waals surface area contributed by atoms with Gasteiger partial charge in [0, 0.05) is 24.8 Å². The monoisotopic (exact) mass is 202 g/mol. The highest BCUT2D eigenvalue weighted by Crippen LogP contribution is 2.14. The molecule has 0 atom stereocenters. The van der Waals surface area contributed by atoms with Crippen LogP contribution in [0.2, 0.25) is 0 Å². The van der Waals surface area contributed by atoms with E-state index in [-0.39, 0.29) is 0 Å². The fourth-order valence-corrected chi connectivity index (χ4v) is 1.08. The first-order valence-corrected chi connectivity index (χ1v) is 4.44. The van der Waals surface area contributed by atoms with Crippen molar-refractivity contribution in [1.29, 1.82) is 0 Å². The van der Waals surface area contributed by atoms with Crippen LogP contribution in [0.3, 0.4) is 0 Å². The van der Waals surface area contributed by atoms with Gasteiger partial charge in [0.25, 0.3) is 5.88 Å². The number of pyridine rings is 1. The molecule has 2 aromatic heterocycles. The van der Waals surface area contributed by atoms with E-state index in [0.717, 1.165) is 5.56 Å². The van der Waals surface area contributed by atoms with Crippen LogP contribution < -0.4 is 10.5 Å². The smallest absolute Gasteiger partial charge is 0.257 e. The molecule has 0 aliphatic rings. The van der Waals surface area contributed by atoms with Crippen LogP contribution in [0.15, 0.2) is 36.9 Å². The Labute approximate surface area is 87.0 Å². The number of hydrogen-bond acceptors (Lipinski definition) is 5. The Kier molecular flexibility index (Phi) is 2.73. The first-order valence-electron chi connectivity index (χ1n) is 4.44. The van der Waals surface area contributed by atoms with Crippen molar-refractivity contribution in [2.24, 2.45) is 0 Å². The highest BCUT2D eigenvalue weighted by atomic mass is 16.5. The number of anilines is 1. The third-order valence-corrected chi connectivity index (χ3v) is 1.82. The van der Waals surface area contributed by atoms with Crippen molar-refractivity contribution in [1.82, 2.24) is 15.0 Å². The maximum absolute atomic E-state index is 5.57. The molecular weight excluding hydrogens is 192 g/mol. The molecule has 0 aliphatic heterocycles. The molecule has 0 bridgehead atoms. The number of aromatic nitrogens is 3. The molecule has 2 aromatic rings. The third kappa shape index (κ3) is 2.40. The van der Waals surface area contributed by atoms with Crippen LogP contribution in [0, 0.1) is 0 Å². The van der Waals surface area contributed by atoms with Gasteiger partial charge in [0.2, 0.25) is 0 Å². The van der Waals surface area contributed by atoms with E-state index in [1.807, 2.05) is 12.1 Å². The third-order valence-electron chi connectivity index (χ3n) is 1.82. The highest BCUT2D eigenvalue weighted by Gasteiger charge is 2.01. The van der Waals surface area contributed by atoms with Crippen molar-refractivity contribution in [2.45, 2.75) is 6.61 Å². The van der Waals surface area contributed by atoms with E-state index in [1.54, 1.807) is 12.4 Å². The summed E-state index contributed by atoms with van der Waals surface area (Å²) < 4.78 is 5.40. The van der Waals surface area contributed by atoms with E-state index in [1.165, 1.54) is 12.4 Å². The molecule has 0 aromatic carbocycles. The molecule has 5 heteroatoms. The zero-order valence-corrected chi connectivity index (χ0v) is 8.00. The second-order valence-electron chi connectivity index (χ2n) is 2.89. The van der Waals surface area contributed by atoms with Gasteiger partial charge in [-0.25, -0.2) is 9.97 Å². The Morgan fingerprint density at radius 3 is 2.53 bits per heavy atom. The first-order chi connectivity index (χ1) is 7.36. The summed E-state index contributed by atoms with van der Waals surface area (Å²) in [6.45, 7) is 0.408. The summed E-state index contributed by atoms with van der Waals surface area (Å²) >= 11 is 0. The van der Waals surface area contributed by atoms with Gasteiger partial charge in [-0.2, -0.15) is 0 Å². The van der Waals surface area contributed by atoms with E-state index in [2.05, 4.69) is 15.0 Å². The maximum atomic E-state index is 5.57. The van der Waals surface area contributed by atoms with Gasteiger partial charge < -0.3 is 10.5 Å². The number of hydrogen-bond donors (Lipinski definition) is 1. The molecule has 0 amide bonds. The molecule has 0 saturated carbocycles. The van der Waals surface area contributed by atoms with Gasteiger partial charge in [-0.15, -0.1) is 0 Å². The maximum Gasteiger partial charge on any atom is 0.257 e. The summed E-state index contributed by atoms with van der Waals surface area (Å²) in [4.78, 5) is 11.7. The predicted octanol–water partition coefficient (Wildman–Crippen LogP) is 1.03. The average molecular weight is 202 g/mol. The Hall–Kier alpha value is -2.17. The van der Waals surface area contributed by atoms with Gasteiger partial charge in [0.05, 0.1) is 0 Å². The molecule has 0 fully saturated rings. The molecule has 0 saturated heterocycles. The lowest BCUT2D eigenvalue weighted by Crippen LogP contribution is -2.01. The number of ether oxygens (including phenoxy) is 1. The van der Waals surface area contributed by atoms with Crippen molar-refractivity contribution < 1.29 is 4.74 Å². The predicted molar refractivity (Wildman–Crippen MR) is 55.0 cm³/mol. The Balaban J connectivity index is 2.03. The molecule has 2 rings (SSSR count). The molecule has 0 unspecified atom stereocenters. The zero-order valence-electron chi connectivity index (χ0n) is 8.00. The molecule has 2 N–H and O–H groups in total. The molecule has 0 spiro atoms. The van der Waals surface area contributed by atoms with Crippen molar-refractivity contribution in [3.05, 3.63) is 42.5 Å². The largest absolute Gasteiger partial charge is 0.470 e. The summed E-state index contributed by atoms with van der Waals surface area (Å²) in [7, 11) is 0. The minimum Gasteiger partial charge on any atom is -0.470 e. The van der Waals surface area contributed by atoms with E-state index in [0.29, 0.717) is 18.3 Å². The molecular formula is C10H10N4O. The number of nitrogens with zero attached hydrogens (tertiary/aromatic N) is 3. The van der Waals surface area contributed by atoms with Crippen LogP contribution in [0.5, 0.6) is 5.88 Å². The molecule has 15 heavy (non-hydrogen) atoms. The Morgan fingerprint density at radius 2 is 1.80 bits per heavy atom. The second-order valence-corrected chi connectivity index (χ2v) is 2.89. The van der Waals surface area contributed by atoms with E-state index < -0.39 is 0 Å². The van der Waals surface area contributed by atoms with Crippen LogP contribution in [0.25, 0.3) is 0 Å². The van der Waals surface area contributed by atoms with Gasteiger partial charge >= 0.3 is 0 Å². The quantitative estimate of drug-likeness (QED) is 0.804. The summed E-state index contributed by atoms with van der Waals surface area (Å²) in [5, 5.41) is 0. The van der Waals surface area contributed by atoms with Crippen LogP contribution in [0.4, 0.5) is 5.82 Å². The summed E-state index contributed by atoms with van der Waals surface area (Å²) in [5.41, 5.74) is 6.58. The van der Waals surface area contributed by atoms with E-state index in [9.17, 15) is 0 Å². The van der Waals surface area contributed by atoms with Gasteiger partial charge in [0.1, 0.15) is 6.61 Å². The average Bonchev–Trinajstić information content (AvgIpc) is 2.29. The van der Waals surface area contributed by atoms with Gasteiger partial charge in [-0.1, -0.05) is 0 Å². The SMILES string of the molecule is Nc1nccnc1OCc1ccncc1. The Bertz CT molecular complexity index is 432. The molecule has 0 aliphatic carbocycles. The van der Waals surface area contributed by atoms with Gasteiger partial charge in [0.15, 0.2) is 5.82 Å².